The van der Waals surface area contributed by atoms with E-state index in [0.29, 0.717) is 43.7 Å². The molecule has 122 valence electrons. The minimum Gasteiger partial charge on any atom is -0.378 e. The third kappa shape index (κ3) is 2.93. The van der Waals surface area contributed by atoms with E-state index in [1.807, 2.05) is 12.1 Å². The van der Waals surface area contributed by atoms with E-state index in [-0.39, 0.29) is 0 Å². The Balaban J connectivity index is 1.82. The molecule has 2 aliphatic heterocycles. The Morgan fingerprint density at radius 3 is 2.50 bits per heavy atom. The van der Waals surface area contributed by atoms with E-state index < -0.39 is 15.6 Å². The summed E-state index contributed by atoms with van der Waals surface area (Å²) in [7, 11) is -3.47. The van der Waals surface area contributed by atoms with Crippen molar-refractivity contribution in [1.29, 1.82) is 0 Å². The number of benzene rings is 1. The Hall–Kier alpha value is -0.950. The van der Waals surface area contributed by atoms with Crippen LogP contribution in [0.2, 0.25) is 0 Å². The standard InChI is InChI=1S/C16H23NO4S/c1-13(2)14-3-5-15(6-4-14)22(18,19)17-8-10-21-16(11-17)7-9-20-12-16/h3-6,13H,7-12H2,1-2H3/t16-/m0/s1. The molecule has 2 saturated heterocycles. The van der Waals surface area contributed by atoms with Crippen molar-refractivity contribution in [3.05, 3.63) is 29.8 Å². The number of hydrogen-bond acceptors (Lipinski definition) is 4. The number of ether oxygens (including phenoxy) is 2. The Kier molecular flexibility index (Phi) is 4.29. The second-order valence-electron chi connectivity index (χ2n) is 6.40. The molecule has 0 bridgehead atoms. The maximum atomic E-state index is 12.8. The van der Waals surface area contributed by atoms with Gasteiger partial charge in [-0.15, -0.1) is 0 Å². The molecule has 1 aromatic rings. The zero-order chi connectivity index (χ0) is 15.8. The van der Waals surface area contributed by atoms with Crippen LogP contribution >= 0.6 is 0 Å². The van der Waals surface area contributed by atoms with Gasteiger partial charge in [0.15, 0.2) is 0 Å². The molecule has 1 aromatic carbocycles. The molecule has 0 unspecified atom stereocenters. The van der Waals surface area contributed by atoms with Crippen molar-refractivity contribution < 1.29 is 17.9 Å². The summed E-state index contributed by atoms with van der Waals surface area (Å²) in [5.41, 5.74) is 0.685. The van der Waals surface area contributed by atoms with Crippen molar-refractivity contribution in [1.82, 2.24) is 4.31 Å². The van der Waals surface area contributed by atoms with E-state index in [1.54, 1.807) is 12.1 Å². The largest absolute Gasteiger partial charge is 0.378 e. The maximum absolute atomic E-state index is 12.8. The van der Waals surface area contributed by atoms with E-state index in [4.69, 9.17) is 9.47 Å². The molecule has 1 atom stereocenters. The molecule has 0 amide bonds. The summed E-state index contributed by atoms with van der Waals surface area (Å²) in [4.78, 5) is 0.355. The van der Waals surface area contributed by atoms with Gasteiger partial charge in [0.05, 0.1) is 18.1 Å². The minimum atomic E-state index is -3.47. The highest BCUT2D eigenvalue weighted by atomic mass is 32.2. The predicted octanol–water partition coefficient (Wildman–Crippen LogP) is 1.99. The van der Waals surface area contributed by atoms with Crippen molar-refractivity contribution in [2.45, 2.75) is 36.7 Å². The SMILES string of the molecule is CC(C)c1ccc(S(=O)(=O)N2CCO[C@@]3(CCOC3)C2)cc1. The van der Waals surface area contributed by atoms with Gasteiger partial charge in [-0.25, -0.2) is 8.42 Å². The van der Waals surface area contributed by atoms with Gasteiger partial charge in [0.2, 0.25) is 10.0 Å². The molecule has 0 aromatic heterocycles. The van der Waals surface area contributed by atoms with Crippen LogP contribution in [0.15, 0.2) is 29.2 Å². The average molecular weight is 325 g/mol. The molecule has 5 nitrogen and oxygen atoms in total. The number of rotatable bonds is 3. The molecule has 2 aliphatic rings. The lowest BCUT2D eigenvalue weighted by atomic mass is 10.0. The van der Waals surface area contributed by atoms with Crippen LogP contribution in [0.3, 0.4) is 0 Å². The molecule has 2 heterocycles. The maximum Gasteiger partial charge on any atom is 0.243 e. The minimum absolute atomic E-state index is 0.355. The van der Waals surface area contributed by atoms with Crippen molar-refractivity contribution in [3.63, 3.8) is 0 Å². The van der Waals surface area contributed by atoms with Crippen LogP contribution < -0.4 is 0 Å². The van der Waals surface area contributed by atoms with Gasteiger partial charge in [0, 0.05) is 26.1 Å². The summed E-state index contributed by atoms with van der Waals surface area (Å²) in [6.07, 6.45) is 0.755. The third-order valence-corrected chi connectivity index (χ3v) is 6.32. The molecule has 3 rings (SSSR count). The topological polar surface area (TPSA) is 55.8 Å². The first-order valence-electron chi connectivity index (χ1n) is 7.75. The quantitative estimate of drug-likeness (QED) is 0.853. The van der Waals surface area contributed by atoms with Gasteiger partial charge in [-0.1, -0.05) is 26.0 Å². The van der Waals surface area contributed by atoms with Crippen molar-refractivity contribution in [2.24, 2.45) is 0 Å². The molecule has 6 heteroatoms. The molecule has 22 heavy (non-hydrogen) atoms. The smallest absolute Gasteiger partial charge is 0.243 e. The highest BCUT2D eigenvalue weighted by molar-refractivity contribution is 7.89. The third-order valence-electron chi connectivity index (χ3n) is 4.47. The van der Waals surface area contributed by atoms with Gasteiger partial charge in [-0.05, 0) is 23.6 Å². The van der Waals surface area contributed by atoms with E-state index in [0.717, 1.165) is 12.0 Å². The first-order chi connectivity index (χ1) is 10.4. The van der Waals surface area contributed by atoms with Crippen LogP contribution in [0.4, 0.5) is 0 Å². The van der Waals surface area contributed by atoms with Gasteiger partial charge in [0.25, 0.3) is 0 Å². The summed E-state index contributed by atoms with van der Waals surface area (Å²) >= 11 is 0. The first kappa shape index (κ1) is 15.9. The van der Waals surface area contributed by atoms with Crippen LogP contribution in [-0.4, -0.2) is 51.2 Å². The molecule has 0 N–H and O–H groups in total. The zero-order valence-corrected chi connectivity index (χ0v) is 13.9. The molecule has 1 spiro atoms. The Morgan fingerprint density at radius 2 is 1.91 bits per heavy atom. The number of sulfonamides is 1. The van der Waals surface area contributed by atoms with Gasteiger partial charge >= 0.3 is 0 Å². The fourth-order valence-corrected chi connectivity index (χ4v) is 4.51. The van der Waals surface area contributed by atoms with Gasteiger partial charge < -0.3 is 9.47 Å². The van der Waals surface area contributed by atoms with Crippen LogP contribution in [0, 0.1) is 0 Å². The van der Waals surface area contributed by atoms with Crippen molar-refractivity contribution in [2.75, 3.05) is 32.9 Å². The van der Waals surface area contributed by atoms with Crippen molar-refractivity contribution in [3.8, 4) is 0 Å². The number of morpholine rings is 1. The second-order valence-corrected chi connectivity index (χ2v) is 8.33. The fraction of sp³-hybridized carbons (Fsp3) is 0.625. The Labute approximate surface area is 132 Å². The average Bonchev–Trinajstić information content (AvgIpc) is 2.95. The summed E-state index contributed by atoms with van der Waals surface area (Å²) in [5.74, 6) is 0.388. The van der Waals surface area contributed by atoms with Gasteiger partial charge in [-0.3, -0.25) is 0 Å². The Bertz CT molecular complexity index is 618. The number of hydrogen-bond donors (Lipinski definition) is 0. The summed E-state index contributed by atoms with van der Waals surface area (Å²) in [6.45, 7) is 6.50. The zero-order valence-electron chi connectivity index (χ0n) is 13.1. The van der Waals surface area contributed by atoms with E-state index >= 15 is 0 Å². The van der Waals surface area contributed by atoms with E-state index in [2.05, 4.69) is 13.8 Å². The summed E-state index contributed by atoms with van der Waals surface area (Å²) in [6, 6.07) is 7.20. The van der Waals surface area contributed by atoms with Crippen LogP contribution in [0.5, 0.6) is 0 Å². The van der Waals surface area contributed by atoms with Crippen LogP contribution in [-0.2, 0) is 19.5 Å². The molecule has 0 radical (unpaired) electrons. The Morgan fingerprint density at radius 1 is 1.18 bits per heavy atom. The summed E-state index contributed by atoms with van der Waals surface area (Å²) < 4.78 is 38.4. The fourth-order valence-electron chi connectivity index (χ4n) is 3.02. The van der Waals surface area contributed by atoms with E-state index in [9.17, 15) is 8.42 Å². The monoisotopic (exact) mass is 325 g/mol. The number of nitrogens with zero attached hydrogens (tertiary/aromatic N) is 1. The van der Waals surface area contributed by atoms with Gasteiger partial charge in [-0.2, -0.15) is 4.31 Å². The normalized spacial score (nSPS) is 26.9. The van der Waals surface area contributed by atoms with E-state index in [1.165, 1.54) is 4.31 Å². The second kappa shape index (κ2) is 5.92. The predicted molar refractivity (Wildman–Crippen MR) is 83.4 cm³/mol. The lowest BCUT2D eigenvalue weighted by molar-refractivity contribution is -0.0897. The van der Waals surface area contributed by atoms with Crippen LogP contribution in [0.1, 0.15) is 31.7 Å². The molecule has 0 aliphatic carbocycles. The first-order valence-corrected chi connectivity index (χ1v) is 9.19. The molecular formula is C16H23NO4S. The highest BCUT2D eigenvalue weighted by Gasteiger charge is 2.43. The molecule has 0 saturated carbocycles. The lowest BCUT2D eigenvalue weighted by Crippen LogP contribution is -2.54. The van der Waals surface area contributed by atoms with Crippen molar-refractivity contribution >= 4 is 10.0 Å². The molecular weight excluding hydrogens is 302 g/mol. The summed E-state index contributed by atoms with van der Waals surface area (Å²) in [5, 5.41) is 0. The van der Waals surface area contributed by atoms with Gasteiger partial charge in [0.1, 0.15) is 5.60 Å². The highest BCUT2D eigenvalue weighted by Crippen LogP contribution is 2.30. The molecule has 2 fully saturated rings. The van der Waals surface area contributed by atoms with Crippen LogP contribution in [0.25, 0.3) is 0 Å². The lowest BCUT2D eigenvalue weighted by Gasteiger charge is -2.38.